The number of aromatic nitrogens is 4. The Balaban J connectivity index is 1.61. The van der Waals surface area contributed by atoms with E-state index in [-0.39, 0.29) is 11.9 Å². The number of rotatable bonds is 3. The number of imidazole rings is 1. The molecule has 1 amide bonds. The van der Waals surface area contributed by atoms with Crippen LogP contribution in [0.3, 0.4) is 0 Å². The van der Waals surface area contributed by atoms with E-state index in [2.05, 4.69) is 20.3 Å². The number of fused-ring (bicyclic) bond motifs is 2. The Bertz CT molecular complexity index is 1100. The van der Waals surface area contributed by atoms with Crippen LogP contribution in [0.2, 0.25) is 5.02 Å². The van der Waals surface area contributed by atoms with Gasteiger partial charge in [0.1, 0.15) is 5.69 Å². The number of carbonyl (C=O) groups excluding carboxylic acids is 1. The molecule has 0 saturated carbocycles. The van der Waals surface area contributed by atoms with Crippen molar-refractivity contribution < 1.29 is 4.79 Å². The van der Waals surface area contributed by atoms with Gasteiger partial charge in [-0.1, -0.05) is 17.7 Å². The molecule has 4 rings (SSSR count). The summed E-state index contributed by atoms with van der Waals surface area (Å²) >= 11 is 6.05. The van der Waals surface area contributed by atoms with E-state index in [0.717, 1.165) is 27.6 Å². The lowest BCUT2D eigenvalue weighted by Gasteiger charge is -2.14. The Morgan fingerprint density at radius 1 is 1.28 bits per heavy atom. The van der Waals surface area contributed by atoms with Gasteiger partial charge in [-0.25, -0.2) is 4.98 Å². The number of aryl methyl sites for hydroxylation is 1. The van der Waals surface area contributed by atoms with Gasteiger partial charge < -0.3 is 14.9 Å². The van der Waals surface area contributed by atoms with Gasteiger partial charge in [0.15, 0.2) is 0 Å². The molecule has 7 heteroatoms. The van der Waals surface area contributed by atoms with Crippen LogP contribution in [0.15, 0.2) is 42.9 Å². The molecule has 2 N–H and O–H groups in total. The molecule has 0 bridgehead atoms. The van der Waals surface area contributed by atoms with Gasteiger partial charge in [0, 0.05) is 23.0 Å². The maximum atomic E-state index is 12.7. The van der Waals surface area contributed by atoms with E-state index < -0.39 is 0 Å². The van der Waals surface area contributed by atoms with Crippen molar-refractivity contribution in [3.63, 3.8) is 0 Å². The fourth-order valence-electron chi connectivity index (χ4n) is 2.95. The van der Waals surface area contributed by atoms with Crippen LogP contribution >= 0.6 is 11.6 Å². The van der Waals surface area contributed by atoms with Gasteiger partial charge in [-0.15, -0.1) is 0 Å². The Morgan fingerprint density at radius 2 is 2.12 bits per heavy atom. The summed E-state index contributed by atoms with van der Waals surface area (Å²) in [5, 5.41) is 4.61. The van der Waals surface area contributed by atoms with Crippen molar-refractivity contribution in [2.45, 2.75) is 13.0 Å². The van der Waals surface area contributed by atoms with E-state index in [4.69, 9.17) is 11.6 Å². The predicted octanol–water partition coefficient (Wildman–Crippen LogP) is 3.59. The first-order valence-corrected chi connectivity index (χ1v) is 8.25. The minimum Gasteiger partial charge on any atom is -0.343 e. The van der Waals surface area contributed by atoms with Gasteiger partial charge in [-0.2, -0.15) is 0 Å². The normalized spacial score (nSPS) is 12.6. The average Bonchev–Trinajstić information content (AvgIpc) is 3.19. The maximum Gasteiger partial charge on any atom is 0.268 e. The molecule has 126 valence electrons. The largest absolute Gasteiger partial charge is 0.343 e. The number of pyridine rings is 1. The molecule has 6 nitrogen and oxygen atoms in total. The van der Waals surface area contributed by atoms with E-state index in [9.17, 15) is 4.79 Å². The summed E-state index contributed by atoms with van der Waals surface area (Å²) in [5.74, 6) is -0.161. The Hall–Kier alpha value is -2.86. The minimum atomic E-state index is -0.241. The first-order valence-electron chi connectivity index (χ1n) is 7.88. The van der Waals surface area contributed by atoms with E-state index in [1.807, 2.05) is 48.9 Å². The lowest BCUT2D eigenvalue weighted by molar-refractivity contribution is 0.0931. The number of amides is 1. The highest BCUT2D eigenvalue weighted by molar-refractivity contribution is 6.31. The Morgan fingerprint density at radius 3 is 2.96 bits per heavy atom. The summed E-state index contributed by atoms with van der Waals surface area (Å²) in [7, 11) is 1.85. The van der Waals surface area contributed by atoms with Crippen LogP contribution in [0, 0.1) is 0 Å². The van der Waals surface area contributed by atoms with E-state index >= 15 is 0 Å². The summed E-state index contributed by atoms with van der Waals surface area (Å²) in [6.07, 6.45) is 3.35. The number of hydrogen-bond acceptors (Lipinski definition) is 3. The molecule has 3 aromatic heterocycles. The van der Waals surface area contributed by atoms with Crippen molar-refractivity contribution >= 4 is 39.4 Å². The summed E-state index contributed by atoms with van der Waals surface area (Å²) < 4.78 is 1.84. The van der Waals surface area contributed by atoms with Gasteiger partial charge in [0.2, 0.25) is 0 Å². The van der Waals surface area contributed by atoms with Gasteiger partial charge in [-0.3, -0.25) is 9.78 Å². The molecule has 25 heavy (non-hydrogen) atoms. The van der Waals surface area contributed by atoms with Gasteiger partial charge >= 0.3 is 0 Å². The Labute approximate surface area is 148 Å². The highest BCUT2D eigenvalue weighted by atomic mass is 35.5. The fraction of sp³-hybridized carbons (Fsp3) is 0.167. The van der Waals surface area contributed by atoms with Crippen molar-refractivity contribution in [2.24, 2.45) is 7.05 Å². The van der Waals surface area contributed by atoms with Crippen LogP contribution in [-0.4, -0.2) is 25.4 Å². The molecular formula is C18H16ClN5O. The molecule has 1 aromatic carbocycles. The maximum absolute atomic E-state index is 12.7. The number of nitrogens with zero attached hydrogens (tertiary/aromatic N) is 3. The fourth-order valence-corrected chi connectivity index (χ4v) is 3.12. The van der Waals surface area contributed by atoms with Crippen molar-refractivity contribution in [3.8, 4) is 0 Å². The number of carbonyl (C=O) groups is 1. The standard InChI is InChI=1S/C18H16ClN5O/c1-10(13-7-14-15(8-20-13)22-9-21-14)23-18(25)17-5-11-3-4-12(19)6-16(11)24(17)2/h3-10H,1-2H3,(H,21,22)(H,23,25). The highest BCUT2D eigenvalue weighted by Gasteiger charge is 2.17. The van der Waals surface area contributed by atoms with E-state index in [0.29, 0.717) is 10.7 Å². The average molecular weight is 354 g/mol. The van der Waals surface area contributed by atoms with Gasteiger partial charge in [0.05, 0.1) is 35.3 Å². The van der Waals surface area contributed by atoms with Crippen molar-refractivity contribution in [3.05, 3.63) is 59.3 Å². The zero-order valence-electron chi connectivity index (χ0n) is 13.7. The molecule has 0 aliphatic heterocycles. The van der Waals surface area contributed by atoms with Crippen LogP contribution in [0.4, 0.5) is 0 Å². The number of benzene rings is 1. The molecule has 0 aliphatic rings. The van der Waals surface area contributed by atoms with Crippen LogP contribution in [0.25, 0.3) is 21.9 Å². The number of hydrogen-bond donors (Lipinski definition) is 2. The third-order valence-corrected chi connectivity index (χ3v) is 4.59. The molecule has 1 unspecified atom stereocenters. The molecule has 1 atom stereocenters. The smallest absolute Gasteiger partial charge is 0.268 e. The predicted molar refractivity (Wildman–Crippen MR) is 97.7 cm³/mol. The zero-order valence-corrected chi connectivity index (χ0v) is 14.5. The van der Waals surface area contributed by atoms with Crippen molar-refractivity contribution in [1.29, 1.82) is 0 Å². The number of halogens is 1. The van der Waals surface area contributed by atoms with Gasteiger partial charge in [-0.05, 0) is 31.2 Å². The van der Waals surface area contributed by atoms with Gasteiger partial charge in [0.25, 0.3) is 5.91 Å². The van der Waals surface area contributed by atoms with Crippen LogP contribution in [0.5, 0.6) is 0 Å². The van der Waals surface area contributed by atoms with Crippen molar-refractivity contribution in [2.75, 3.05) is 0 Å². The van der Waals surface area contributed by atoms with Crippen LogP contribution in [0.1, 0.15) is 29.1 Å². The third kappa shape index (κ3) is 2.74. The SMILES string of the molecule is CC(NC(=O)c1cc2ccc(Cl)cc2n1C)c1cc2nc[nH]c2cn1. The summed E-state index contributed by atoms with van der Waals surface area (Å²) in [5.41, 5.74) is 3.94. The lowest BCUT2D eigenvalue weighted by Crippen LogP contribution is -2.28. The van der Waals surface area contributed by atoms with E-state index in [1.54, 1.807) is 12.5 Å². The molecule has 0 fully saturated rings. The zero-order chi connectivity index (χ0) is 17.6. The summed E-state index contributed by atoms with van der Waals surface area (Å²) in [6.45, 7) is 1.90. The summed E-state index contributed by atoms with van der Waals surface area (Å²) in [6, 6.07) is 9.07. The summed E-state index contributed by atoms with van der Waals surface area (Å²) in [4.78, 5) is 24.3. The van der Waals surface area contributed by atoms with Crippen LogP contribution in [-0.2, 0) is 7.05 Å². The van der Waals surface area contributed by atoms with E-state index in [1.165, 1.54) is 0 Å². The first-order chi connectivity index (χ1) is 12.0. The second-order valence-electron chi connectivity index (χ2n) is 6.02. The number of nitrogens with one attached hydrogen (secondary N) is 2. The van der Waals surface area contributed by atoms with Crippen LogP contribution < -0.4 is 5.32 Å². The second kappa shape index (κ2) is 5.89. The monoisotopic (exact) mass is 353 g/mol. The molecule has 0 aliphatic carbocycles. The molecule has 4 aromatic rings. The molecule has 0 radical (unpaired) electrons. The molecular weight excluding hydrogens is 338 g/mol. The topological polar surface area (TPSA) is 75.6 Å². The highest BCUT2D eigenvalue weighted by Crippen LogP contribution is 2.23. The lowest BCUT2D eigenvalue weighted by atomic mass is 10.2. The quantitative estimate of drug-likeness (QED) is 0.591. The first kappa shape index (κ1) is 15.7. The molecule has 3 heterocycles. The molecule has 0 spiro atoms. The van der Waals surface area contributed by atoms with Crippen molar-refractivity contribution in [1.82, 2.24) is 24.8 Å². The number of H-pyrrole nitrogens is 1. The minimum absolute atomic E-state index is 0.161. The number of aromatic amines is 1. The second-order valence-corrected chi connectivity index (χ2v) is 6.45. The Kier molecular flexibility index (Phi) is 3.69. The third-order valence-electron chi connectivity index (χ3n) is 4.36. The molecule has 0 saturated heterocycles.